The van der Waals surface area contributed by atoms with Crippen molar-refractivity contribution in [2.24, 2.45) is 23.7 Å². The molecule has 136 valence electrons. The van der Waals surface area contributed by atoms with E-state index in [2.05, 4.69) is 5.32 Å². The number of amides is 2. The van der Waals surface area contributed by atoms with E-state index in [1.807, 2.05) is 17.1 Å². The molecule has 2 aliphatic carbocycles. The molecular formula is C20H22N2O4. The number of fused-ring (bicyclic) bond motifs is 2. The van der Waals surface area contributed by atoms with Gasteiger partial charge in [0.1, 0.15) is 0 Å². The molecule has 0 unspecified atom stereocenters. The highest BCUT2D eigenvalue weighted by Gasteiger charge is 2.51. The second-order valence-corrected chi connectivity index (χ2v) is 7.41. The van der Waals surface area contributed by atoms with Gasteiger partial charge in [0, 0.05) is 24.3 Å². The van der Waals surface area contributed by atoms with Crippen LogP contribution in [0, 0.1) is 23.7 Å². The minimum Gasteiger partial charge on any atom is -0.481 e. The van der Waals surface area contributed by atoms with E-state index in [0.29, 0.717) is 11.3 Å². The smallest absolute Gasteiger partial charge is 0.307 e. The summed E-state index contributed by atoms with van der Waals surface area (Å²) < 4.78 is 0. The van der Waals surface area contributed by atoms with E-state index < -0.39 is 17.8 Å². The molecule has 1 saturated heterocycles. The van der Waals surface area contributed by atoms with Gasteiger partial charge in [-0.15, -0.1) is 0 Å². The molecule has 4 atom stereocenters. The van der Waals surface area contributed by atoms with E-state index in [0.717, 1.165) is 32.4 Å². The molecule has 1 heterocycles. The van der Waals surface area contributed by atoms with Crippen molar-refractivity contribution in [1.29, 1.82) is 0 Å². The van der Waals surface area contributed by atoms with Gasteiger partial charge in [-0.1, -0.05) is 18.2 Å². The lowest BCUT2D eigenvalue weighted by molar-refractivity contribution is -0.146. The normalized spacial score (nSPS) is 29.2. The van der Waals surface area contributed by atoms with E-state index in [9.17, 15) is 19.5 Å². The second kappa shape index (κ2) is 6.59. The monoisotopic (exact) mass is 354 g/mol. The fourth-order valence-electron chi connectivity index (χ4n) is 4.57. The number of carbonyl (C=O) groups excluding carboxylic acids is 2. The number of carboxylic acid groups (broad SMARTS) is 1. The molecule has 0 aromatic heterocycles. The minimum absolute atomic E-state index is 0.0180. The molecule has 3 aliphatic rings. The lowest BCUT2D eigenvalue weighted by Crippen LogP contribution is -2.36. The molecule has 2 N–H and O–H groups in total. The van der Waals surface area contributed by atoms with Gasteiger partial charge in [-0.3, -0.25) is 14.4 Å². The summed E-state index contributed by atoms with van der Waals surface area (Å²) in [5.41, 5.74) is 1.09. The Morgan fingerprint density at radius 3 is 2.42 bits per heavy atom. The van der Waals surface area contributed by atoms with Gasteiger partial charge in [0.25, 0.3) is 5.91 Å². The number of hydrogen-bond acceptors (Lipinski definition) is 3. The highest BCUT2D eigenvalue weighted by Crippen LogP contribution is 2.48. The summed E-state index contributed by atoms with van der Waals surface area (Å²) in [5.74, 6) is -2.52. The van der Waals surface area contributed by atoms with Crippen LogP contribution in [0.2, 0.25) is 0 Å². The Balaban J connectivity index is 1.49. The van der Waals surface area contributed by atoms with E-state index in [4.69, 9.17) is 0 Å². The van der Waals surface area contributed by atoms with Gasteiger partial charge < -0.3 is 15.3 Å². The van der Waals surface area contributed by atoms with Crippen LogP contribution in [0.1, 0.15) is 29.6 Å². The van der Waals surface area contributed by atoms with Crippen molar-refractivity contribution in [1.82, 2.24) is 4.90 Å². The Hall–Kier alpha value is -2.63. The quantitative estimate of drug-likeness (QED) is 0.813. The van der Waals surface area contributed by atoms with Crippen LogP contribution in [-0.4, -0.2) is 40.9 Å². The van der Waals surface area contributed by atoms with Crippen molar-refractivity contribution < 1.29 is 19.5 Å². The zero-order chi connectivity index (χ0) is 18.3. The maximum Gasteiger partial charge on any atom is 0.307 e. The fraction of sp³-hybridized carbons (Fsp3) is 0.450. The third-order valence-corrected chi connectivity index (χ3v) is 5.82. The molecule has 1 saturated carbocycles. The van der Waals surface area contributed by atoms with Crippen molar-refractivity contribution in [3.05, 3.63) is 42.0 Å². The fourth-order valence-corrected chi connectivity index (χ4v) is 4.57. The standard InChI is InChI=1S/C20H22N2O4/c23-18(16-12-6-7-13(10-12)17(16)20(25)26)21-15-5-3-4-14(11-15)19(24)22-8-1-2-9-22/h3-7,11-13,16-17H,1-2,8-10H2,(H,21,23)(H,25,26)/t12-,13-,16-,17-/m0/s1. The number of hydrogen-bond donors (Lipinski definition) is 2. The summed E-state index contributed by atoms with van der Waals surface area (Å²) in [5, 5.41) is 12.3. The predicted octanol–water partition coefficient (Wildman–Crippen LogP) is 2.38. The maximum atomic E-state index is 12.8. The lowest BCUT2D eigenvalue weighted by atomic mass is 9.82. The molecule has 26 heavy (non-hydrogen) atoms. The molecule has 2 amide bonds. The summed E-state index contributed by atoms with van der Waals surface area (Å²) in [6.07, 6.45) is 6.65. The molecule has 4 rings (SSSR count). The minimum atomic E-state index is -0.917. The Kier molecular flexibility index (Phi) is 4.26. The molecule has 6 heteroatoms. The number of carboxylic acids is 1. The van der Waals surface area contributed by atoms with Gasteiger partial charge in [-0.25, -0.2) is 0 Å². The van der Waals surface area contributed by atoms with Crippen molar-refractivity contribution >= 4 is 23.5 Å². The van der Waals surface area contributed by atoms with Crippen molar-refractivity contribution in [2.45, 2.75) is 19.3 Å². The third kappa shape index (κ3) is 2.89. The molecule has 1 aromatic carbocycles. The Morgan fingerprint density at radius 2 is 1.73 bits per heavy atom. The topological polar surface area (TPSA) is 86.7 Å². The summed E-state index contributed by atoms with van der Waals surface area (Å²) in [6.45, 7) is 1.54. The first kappa shape index (κ1) is 16.8. The highest BCUT2D eigenvalue weighted by atomic mass is 16.4. The number of carbonyl (C=O) groups is 3. The van der Waals surface area contributed by atoms with Crippen LogP contribution in [0.5, 0.6) is 0 Å². The van der Waals surface area contributed by atoms with E-state index in [1.54, 1.807) is 24.3 Å². The van der Waals surface area contributed by atoms with Crippen LogP contribution < -0.4 is 5.32 Å². The van der Waals surface area contributed by atoms with E-state index >= 15 is 0 Å². The number of anilines is 1. The molecule has 0 spiro atoms. The van der Waals surface area contributed by atoms with Crippen LogP contribution >= 0.6 is 0 Å². The van der Waals surface area contributed by atoms with E-state index in [-0.39, 0.29) is 23.7 Å². The van der Waals surface area contributed by atoms with Gasteiger partial charge in [0.05, 0.1) is 11.8 Å². The Bertz CT molecular complexity index is 782. The zero-order valence-corrected chi connectivity index (χ0v) is 14.4. The number of nitrogens with one attached hydrogen (secondary N) is 1. The van der Waals surface area contributed by atoms with Gasteiger partial charge in [-0.05, 0) is 49.3 Å². The zero-order valence-electron chi connectivity index (χ0n) is 14.4. The lowest BCUT2D eigenvalue weighted by Gasteiger charge is -2.24. The number of benzene rings is 1. The summed E-state index contributed by atoms with van der Waals surface area (Å²) in [7, 11) is 0. The van der Waals surface area contributed by atoms with Crippen LogP contribution in [0.25, 0.3) is 0 Å². The molecule has 2 bridgehead atoms. The number of nitrogens with zero attached hydrogens (tertiary/aromatic N) is 1. The highest BCUT2D eigenvalue weighted by molar-refractivity contribution is 5.99. The number of likely N-dealkylation sites (tertiary alicyclic amines) is 1. The van der Waals surface area contributed by atoms with Crippen LogP contribution in [0.3, 0.4) is 0 Å². The molecule has 0 radical (unpaired) electrons. The van der Waals surface area contributed by atoms with Gasteiger partial charge in [-0.2, -0.15) is 0 Å². The summed E-state index contributed by atoms with van der Waals surface area (Å²) >= 11 is 0. The predicted molar refractivity (Wildman–Crippen MR) is 95.6 cm³/mol. The first-order chi connectivity index (χ1) is 12.5. The molecule has 1 aromatic rings. The number of allylic oxidation sites excluding steroid dienone is 2. The summed E-state index contributed by atoms with van der Waals surface area (Å²) in [4.78, 5) is 38.7. The molecule has 2 fully saturated rings. The van der Waals surface area contributed by atoms with Gasteiger partial charge in [0.15, 0.2) is 0 Å². The summed E-state index contributed by atoms with van der Waals surface area (Å²) in [6, 6.07) is 6.90. The first-order valence-corrected chi connectivity index (χ1v) is 9.16. The van der Waals surface area contributed by atoms with Crippen molar-refractivity contribution in [3.8, 4) is 0 Å². The van der Waals surface area contributed by atoms with Crippen LogP contribution in [0.15, 0.2) is 36.4 Å². The molecular weight excluding hydrogens is 332 g/mol. The third-order valence-electron chi connectivity index (χ3n) is 5.82. The second-order valence-electron chi connectivity index (χ2n) is 7.41. The first-order valence-electron chi connectivity index (χ1n) is 9.16. The Labute approximate surface area is 151 Å². The number of rotatable bonds is 4. The molecule has 1 aliphatic heterocycles. The van der Waals surface area contributed by atoms with Crippen LogP contribution in [0.4, 0.5) is 5.69 Å². The van der Waals surface area contributed by atoms with E-state index in [1.165, 1.54) is 0 Å². The van der Waals surface area contributed by atoms with Crippen molar-refractivity contribution in [2.75, 3.05) is 18.4 Å². The average molecular weight is 354 g/mol. The molecule has 6 nitrogen and oxygen atoms in total. The maximum absolute atomic E-state index is 12.8. The van der Waals surface area contributed by atoms with Crippen molar-refractivity contribution in [3.63, 3.8) is 0 Å². The number of aliphatic carboxylic acids is 1. The average Bonchev–Trinajstić information content (AvgIpc) is 3.37. The van der Waals surface area contributed by atoms with Crippen LogP contribution in [-0.2, 0) is 9.59 Å². The Morgan fingerprint density at radius 1 is 1.04 bits per heavy atom. The van der Waals surface area contributed by atoms with Gasteiger partial charge >= 0.3 is 5.97 Å². The SMILES string of the molecule is O=C(O)[C@@H]1[C@@H](C(=O)Nc2cccc(C(=O)N3CCCC3)c2)[C@H]2C=C[C@H]1C2. The van der Waals surface area contributed by atoms with Gasteiger partial charge in [0.2, 0.25) is 5.91 Å². The largest absolute Gasteiger partial charge is 0.481 e.